The second-order valence-electron chi connectivity index (χ2n) is 7.46. The number of rotatable bonds is 9. The third-order valence-corrected chi connectivity index (χ3v) is 5.40. The third-order valence-electron chi connectivity index (χ3n) is 5.15. The maximum atomic E-state index is 13.2. The van der Waals surface area contributed by atoms with Crippen LogP contribution in [0.3, 0.4) is 0 Å². The number of halogens is 1. The topological polar surface area (TPSA) is 75.7 Å². The fourth-order valence-corrected chi connectivity index (χ4v) is 3.66. The van der Waals surface area contributed by atoms with E-state index in [4.69, 9.17) is 16.3 Å². The van der Waals surface area contributed by atoms with E-state index in [9.17, 15) is 14.4 Å². The summed E-state index contributed by atoms with van der Waals surface area (Å²) in [5, 5.41) is 3.43. The molecule has 31 heavy (non-hydrogen) atoms. The van der Waals surface area contributed by atoms with Crippen LogP contribution >= 0.6 is 11.6 Å². The van der Waals surface area contributed by atoms with Crippen molar-refractivity contribution >= 4 is 29.5 Å². The number of carbonyl (C=O) groups is 3. The highest BCUT2D eigenvalue weighted by Gasteiger charge is 2.40. The van der Waals surface area contributed by atoms with Crippen LogP contribution in [-0.4, -0.2) is 35.5 Å². The zero-order valence-corrected chi connectivity index (χ0v) is 17.9. The number of allylic oxidation sites excluding steroid dienone is 1. The number of hydrogen-bond acceptors (Lipinski definition) is 4. The van der Waals surface area contributed by atoms with Crippen molar-refractivity contribution in [1.82, 2.24) is 10.2 Å². The Bertz CT molecular complexity index is 930. The van der Waals surface area contributed by atoms with Crippen LogP contribution in [0.5, 0.6) is 0 Å². The molecule has 2 aromatic rings. The molecule has 1 unspecified atom stereocenters. The molecule has 7 heteroatoms. The van der Waals surface area contributed by atoms with Gasteiger partial charge in [0.2, 0.25) is 11.8 Å². The number of carbonyl (C=O) groups excluding carboxylic acids is 3. The number of hydrogen-bond donors (Lipinski definition) is 1. The Balaban J connectivity index is 1.63. The summed E-state index contributed by atoms with van der Waals surface area (Å²) >= 11 is 5.87. The van der Waals surface area contributed by atoms with Gasteiger partial charge in [0.1, 0.15) is 6.61 Å². The smallest absolute Gasteiger partial charge is 0.416 e. The number of imide groups is 1. The molecule has 2 atom stereocenters. The van der Waals surface area contributed by atoms with Gasteiger partial charge in [-0.1, -0.05) is 60.1 Å². The van der Waals surface area contributed by atoms with Crippen LogP contribution in [0.2, 0.25) is 5.02 Å². The van der Waals surface area contributed by atoms with E-state index in [2.05, 4.69) is 11.9 Å². The van der Waals surface area contributed by atoms with E-state index in [0.717, 1.165) is 16.0 Å². The lowest BCUT2D eigenvalue weighted by Gasteiger charge is -2.24. The van der Waals surface area contributed by atoms with E-state index in [-0.39, 0.29) is 25.4 Å². The highest BCUT2D eigenvalue weighted by molar-refractivity contribution is 6.30. The second kappa shape index (κ2) is 10.8. The molecular formula is C24H25ClN2O4. The van der Waals surface area contributed by atoms with E-state index in [1.165, 1.54) is 0 Å². The van der Waals surface area contributed by atoms with Crippen LogP contribution < -0.4 is 5.32 Å². The first kappa shape index (κ1) is 22.6. The Kier molecular flexibility index (Phi) is 7.84. The summed E-state index contributed by atoms with van der Waals surface area (Å²) in [6.07, 6.45) is 1.67. The SMILES string of the molecule is C=CCC(CC(=O)NCc1ccc(Cl)cc1)C(=O)N1C(=O)OC[C@H]1Cc1ccccc1. The van der Waals surface area contributed by atoms with Gasteiger partial charge in [-0.2, -0.15) is 0 Å². The van der Waals surface area contributed by atoms with Crippen LogP contribution in [0.4, 0.5) is 4.79 Å². The fourth-order valence-electron chi connectivity index (χ4n) is 3.54. The zero-order chi connectivity index (χ0) is 22.2. The largest absolute Gasteiger partial charge is 0.447 e. The molecule has 0 spiro atoms. The molecule has 1 saturated heterocycles. The van der Waals surface area contributed by atoms with Gasteiger partial charge < -0.3 is 10.1 Å². The van der Waals surface area contributed by atoms with Crippen LogP contribution in [-0.2, 0) is 27.3 Å². The maximum absolute atomic E-state index is 13.2. The van der Waals surface area contributed by atoms with Gasteiger partial charge in [0.25, 0.3) is 0 Å². The van der Waals surface area contributed by atoms with Crippen molar-refractivity contribution in [3.05, 3.63) is 83.4 Å². The fraction of sp³-hybridized carbons (Fsp3) is 0.292. The lowest BCUT2D eigenvalue weighted by Crippen LogP contribution is -2.44. The Hall–Kier alpha value is -3.12. The summed E-state index contributed by atoms with van der Waals surface area (Å²) in [5.41, 5.74) is 1.90. The number of nitrogens with zero attached hydrogens (tertiary/aromatic N) is 1. The van der Waals surface area contributed by atoms with Gasteiger partial charge in [-0.25, -0.2) is 9.69 Å². The van der Waals surface area contributed by atoms with E-state index < -0.39 is 24.0 Å². The lowest BCUT2D eigenvalue weighted by atomic mass is 9.97. The van der Waals surface area contributed by atoms with Gasteiger partial charge in [-0.05, 0) is 36.1 Å². The Labute approximate surface area is 186 Å². The average molecular weight is 441 g/mol. The van der Waals surface area contributed by atoms with E-state index in [0.29, 0.717) is 18.0 Å². The zero-order valence-electron chi connectivity index (χ0n) is 17.1. The molecule has 0 bridgehead atoms. The standard InChI is InChI=1S/C24H25ClN2O4/c1-2-6-19(14-22(28)26-15-18-9-11-20(25)12-10-18)23(29)27-21(16-31-24(27)30)13-17-7-4-3-5-8-17/h2-5,7-12,19,21H,1,6,13-16H2,(H,26,28)/t19?,21-/m1/s1. The summed E-state index contributed by atoms with van der Waals surface area (Å²) in [6, 6.07) is 16.4. The molecule has 0 radical (unpaired) electrons. The minimum absolute atomic E-state index is 0.0414. The summed E-state index contributed by atoms with van der Waals surface area (Å²) < 4.78 is 5.15. The van der Waals surface area contributed by atoms with E-state index in [1.54, 1.807) is 18.2 Å². The molecule has 1 N–H and O–H groups in total. The number of amides is 3. The maximum Gasteiger partial charge on any atom is 0.416 e. The number of nitrogens with one attached hydrogen (secondary N) is 1. The number of ether oxygens (including phenoxy) is 1. The molecule has 1 aliphatic rings. The van der Waals surface area contributed by atoms with Crippen molar-refractivity contribution in [3.63, 3.8) is 0 Å². The molecule has 162 valence electrons. The van der Waals surface area contributed by atoms with Crippen molar-refractivity contribution in [2.45, 2.75) is 31.8 Å². The van der Waals surface area contributed by atoms with Gasteiger partial charge in [-0.3, -0.25) is 9.59 Å². The first-order valence-corrected chi connectivity index (χ1v) is 10.5. The molecule has 1 aliphatic heterocycles. The van der Waals surface area contributed by atoms with Gasteiger partial charge >= 0.3 is 6.09 Å². The van der Waals surface area contributed by atoms with E-state index >= 15 is 0 Å². The average Bonchev–Trinajstić information content (AvgIpc) is 3.13. The monoisotopic (exact) mass is 440 g/mol. The highest BCUT2D eigenvalue weighted by atomic mass is 35.5. The third kappa shape index (κ3) is 6.18. The predicted molar refractivity (Wildman–Crippen MR) is 118 cm³/mol. The first-order chi connectivity index (χ1) is 15.0. The van der Waals surface area contributed by atoms with Crippen molar-refractivity contribution in [1.29, 1.82) is 0 Å². The quantitative estimate of drug-likeness (QED) is 0.595. The molecule has 2 aromatic carbocycles. The van der Waals surface area contributed by atoms with E-state index in [1.807, 2.05) is 42.5 Å². The summed E-state index contributed by atoms with van der Waals surface area (Å²) in [4.78, 5) is 39.1. The van der Waals surface area contributed by atoms with Crippen molar-refractivity contribution in [2.75, 3.05) is 6.61 Å². The number of benzene rings is 2. The first-order valence-electron chi connectivity index (χ1n) is 10.1. The Morgan fingerprint density at radius 1 is 1.16 bits per heavy atom. The molecule has 3 rings (SSSR count). The lowest BCUT2D eigenvalue weighted by molar-refractivity contribution is -0.136. The molecule has 0 saturated carbocycles. The Morgan fingerprint density at radius 2 is 1.87 bits per heavy atom. The van der Waals surface area contributed by atoms with Gasteiger partial charge in [0.15, 0.2) is 0 Å². The van der Waals surface area contributed by atoms with Gasteiger partial charge in [0.05, 0.1) is 12.0 Å². The van der Waals surface area contributed by atoms with Crippen LogP contribution in [0.25, 0.3) is 0 Å². The van der Waals surface area contributed by atoms with Crippen LogP contribution in [0.1, 0.15) is 24.0 Å². The minimum Gasteiger partial charge on any atom is -0.447 e. The number of cyclic esters (lactones) is 1. The summed E-state index contributed by atoms with van der Waals surface area (Å²) in [5.74, 6) is -1.38. The molecule has 1 heterocycles. The molecule has 1 fully saturated rings. The summed E-state index contributed by atoms with van der Waals surface area (Å²) in [7, 11) is 0. The molecule has 0 aromatic heterocycles. The molecule has 0 aliphatic carbocycles. The normalized spacial score (nSPS) is 16.5. The summed E-state index contributed by atoms with van der Waals surface area (Å²) in [6.45, 7) is 4.16. The molecular weight excluding hydrogens is 416 g/mol. The van der Waals surface area contributed by atoms with Crippen molar-refractivity contribution in [2.24, 2.45) is 5.92 Å². The van der Waals surface area contributed by atoms with Crippen LogP contribution in [0.15, 0.2) is 67.3 Å². The van der Waals surface area contributed by atoms with Gasteiger partial charge in [0, 0.05) is 18.0 Å². The minimum atomic E-state index is -0.688. The molecule has 6 nitrogen and oxygen atoms in total. The van der Waals surface area contributed by atoms with Crippen LogP contribution in [0, 0.1) is 5.92 Å². The van der Waals surface area contributed by atoms with Crippen molar-refractivity contribution < 1.29 is 19.1 Å². The highest BCUT2D eigenvalue weighted by Crippen LogP contribution is 2.23. The Morgan fingerprint density at radius 3 is 2.55 bits per heavy atom. The molecule has 3 amide bonds. The van der Waals surface area contributed by atoms with Crippen molar-refractivity contribution in [3.8, 4) is 0 Å². The second-order valence-corrected chi connectivity index (χ2v) is 7.89. The predicted octanol–water partition coefficient (Wildman–Crippen LogP) is 4.13. The van der Waals surface area contributed by atoms with Gasteiger partial charge in [-0.15, -0.1) is 6.58 Å².